The number of carbonyl (C=O) groups excluding carboxylic acids is 1. The van der Waals surface area contributed by atoms with Gasteiger partial charge in [0.2, 0.25) is 5.88 Å². The van der Waals surface area contributed by atoms with Gasteiger partial charge in [-0.05, 0) is 24.6 Å². The molecule has 1 aromatic heterocycles. The third-order valence-corrected chi connectivity index (χ3v) is 3.00. The van der Waals surface area contributed by atoms with Crippen molar-refractivity contribution in [2.75, 3.05) is 19.0 Å². The predicted molar refractivity (Wildman–Crippen MR) is 82.6 cm³/mol. The first-order valence-electron chi connectivity index (χ1n) is 6.84. The van der Waals surface area contributed by atoms with Gasteiger partial charge in [0.15, 0.2) is 0 Å². The van der Waals surface area contributed by atoms with Gasteiger partial charge in [0.1, 0.15) is 0 Å². The summed E-state index contributed by atoms with van der Waals surface area (Å²) in [6, 6.07) is 11.1. The lowest BCUT2D eigenvalue weighted by Gasteiger charge is -2.11. The minimum Gasteiger partial charge on any atom is -0.481 e. The van der Waals surface area contributed by atoms with Crippen LogP contribution >= 0.6 is 0 Å². The van der Waals surface area contributed by atoms with E-state index in [0.29, 0.717) is 18.0 Å². The van der Waals surface area contributed by atoms with E-state index in [-0.39, 0.29) is 5.91 Å². The summed E-state index contributed by atoms with van der Waals surface area (Å²) in [6.07, 6.45) is 1.69. The molecule has 0 aliphatic carbocycles. The number of methoxy groups -OCH3 is 1. The van der Waals surface area contributed by atoms with Crippen LogP contribution < -0.4 is 15.4 Å². The monoisotopic (exact) mass is 285 g/mol. The van der Waals surface area contributed by atoms with Gasteiger partial charge < -0.3 is 15.4 Å². The molecule has 21 heavy (non-hydrogen) atoms. The predicted octanol–water partition coefficient (Wildman–Crippen LogP) is 2.45. The number of nitrogens with one attached hydrogen (secondary N) is 2. The van der Waals surface area contributed by atoms with Crippen molar-refractivity contribution in [1.82, 2.24) is 10.3 Å². The zero-order valence-electron chi connectivity index (χ0n) is 12.2. The molecule has 5 nitrogen and oxygen atoms in total. The van der Waals surface area contributed by atoms with Gasteiger partial charge in [0.25, 0.3) is 5.91 Å². The number of hydrogen-bond acceptors (Lipinski definition) is 4. The molecule has 0 radical (unpaired) electrons. The molecule has 0 spiro atoms. The second-order valence-corrected chi connectivity index (χ2v) is 4.47. The van der Waals surface area contributed by atoms with Gasteiger partial charge in [-0.3, -0.25) is 4.79 Å². The third kappa shape index (κ3) is 3.95. The summed E-state index contributed by atoms with van der Waals surface area (Å²) in [5.41, 5.74) is 2.40. The molecule has 1 aromatic carbocycles. The lowest BCUT2D eigenvalue weighted by atomic mass is 10.1. The lowest BCUT2D eigenvalue weighted by Crippen LogP contribution is -2.24. The van der Waals surface area contributed by atoms with Crippen molar-refractivity contribution < 1.29 is 9.53 Å². The van der Waals surface area contributed by atoms with Crippen LogP contribution in [0.15, 0.2) is 42.6 Å². The molecular formula is C16H19N3O2. The first kappa shape index (κ1) is 14.8. The largest absolute Gasteiger partial charge is 0.481 e. The van der Waals surface area contributed by atoms with E-state index in [9.17, 15) is 4.79 Å². The van der Waals surface area contributed by atoms with Crippen LogP contribution in [0.25, 0.3) is 0 Å². The molecule has 0 unspecified atom stereocenters. The first-order chi connectivity index (χ1) is 10.2. The van der Waals surface area contributed by atoms with E-state index in [2.05, 4.69) is 15.6 Å². The molecule has 0 atom stereocenters. The SMILES string of the molecule is CCNc1ccccc1C(=O)NCc1ccc(OC)nc1. The average molecular weight is 285 g/mol. The van der Waals surface area contributed by atoms with Crippen molar-refractivity contribution in [3.8, 4) is 5.88 Å². The van der Waals surface area contributed by atoms with Gasteiger partial charge in [-0.25, -0.2) is 4.98 Å². The number of hydrogen-bond donors (Lipinski definition) is 2. The zero-order chi connectivity index (χ0) is 15.1. The average Bonchev–Trinajstić information content (AvgIpc) is 2.54. The Kier molecular flexibility index (Phi) is 5.15. The maximum atomic E-state index is 12.2. The molecule has 2 rings (SSSR count). The first-order valence-corrected chi connectivity index (χ1v) is 6.84. The van der Waals surface area contributed by atoms with Crippen LogP contribution in [0.3, 0.4) is 0 Å². The molecule has 2 aromatic rings. The molecule has 1 amide bonds. The topological polar surface area (TPSA) is 63.2 Å². The van der Waals surface area contributed by atoms with Gasteiger partial charge in [-0.2, -0.15) is 0 Å². The number of rotatable bonds is 6. The summed E-state index contributed by atoms with van der Waals surface area (Å²) in [5.74, 6) is 0.449. The molecule has 1 heterocycles. The number of carbonyl (C=O) groups is 1. The minimum absolute atomic E-state index is 0.109. The Morgan fingerprint density at radius 2 is 2.05 bits per heavy atom. The third-order valence-electron chi connectivity index (χ3n) is 3.00. The number of para-hydroxylation sites is 1. The van der Waals surface area contributed by atoms with Crippen molar-refractivity contribution in [3.63, 3.8) is 0 Å². The zero-order valence-corrected chi connectivity index (χ0v) is 12.2. The number of amides is 1. The molecule has 110 valence electrons. The Morgan fingerprint density at radius 1 is 1.24 bits per heavy atom. The maximum Gasteiger partial charge on any atom is 0.253 e. The van der Waals surface area contributed by atoms with Crippen LogP contribution in [-0.2, 0) is 6.54 Å². The standard InChI is InChI=1S/C16H19N3O2/c1-3-17-14-7-5-4-6-13(14)16(20)19-11-12-8-9-15(21-2)18-10-12/h4-10,17H,3,11H2,1-2H3,(H,19,20). The van der Waals surface area contributed by atoms with Crippen molar-refractivity contribution in [2.24, 2.45) is 0 Å². The minimum atomic E-state index is -0.109. The molecule has 2 N–H and O–H groups in total. The van der Waals surface area contributed by atoms with E-state index in [1.165, 1.54) is 0 Å². The Hall–Kier alpha value is -2.56. The number of nitrogens with zero attached hydrogens (tertiary/aromatic N) is 1. The second-order valence-electron chi connectivity index (χ2n) is 4.47. The highest BCUT2D eigenvalue weighted by atomic mass is 16.5. The molecular weight excluding hydrogens is 266 g/mol. The Bertz CT molecular complexity index is 597. The molecule has 0 aliphatic heterocycles. The molecule has 0 fully saturated rings. The van der Waals surface area contributed by atoms with Crippen molar-refractivity contribution in [2.45, 2.75) is 13.5 Å². The molecule has 0 saturated carbocycles. The quantitative estimate of drug-likeness (QED) is 0.855. The van der Waals surface area contributed by atoms with Crippen molar-refractivity contribution in [1.29, 1.82) is 0 Å². The number of benzene rings is 1. The summed E-state index contributed by atoms with van der Waals surface area (Å²) in [5, 5.41) is 6.07. The summed E-state index contributed by atoms with van der Waals surface area (Å²) in [6.45, 7) is 3.20. The van der Waals surface area contributed by atoms with Crippen LogP contribution in [0.2, 0.25) is 0 Å². The van der Waals surface area contributed by atoms with Crippen molar-refractivity contribution in [3.05, 3.63) is 53.7 Å². The van der Waals surface area contributed by atoms with E-state index in [4.69, 9.17) is 4.74 Å². The fourth-order valence-corrected chi connectivity index (χ4v) is 1.94. The van der Waals surface area contributed by atoms with Crippen LogP contribution in [0, 0.1) is 0 Å². The van der Waals surface area contributed by atoms with E-state index in [1.807, 2.05) is 31.2 Å². The smallest absolute Gasteiger partial charge is 0.253 e. The summed E-state index contributed by atoms with van der Waals surface area (Å²) >= 11 is 0. The Labute approximate surface area is 124 Å². The van der Waals surface area contributed by atoms with Gasteiger partial charge in [-0.1, -0.05) is 18.2 Å². The van der Waals surface area contributed by atoms with E-state index in [0.717, 1.165) is 17.8 Å². The summed E-state index contributed by atoms with van der Waals surface area (Å²) in [7, 11) is 1.57. The number of pyridine rings is 1. The van der Waals surface area contributed by atoms with Crippen LogP contribution in [0.4, 0.5) is 5.69 Å². The van der Waals surface area contributed by atoms with Gasteiger partial charge in [0, 0.05) is 31.0 Å². The van der Waals surface area contributed by atoms with Gasteiger partial charge in [0.05, 0.1) is 12.7 Å². The molecule has 0 aliphatic rings. The fourth-order valence-electron chi connectivity index (χ4n) is 1.94. The summed E-state index contributed by atoms with van der Waals surface area (Å²) in [4.78, 5) is 16.3. The number of ether oxygens (including phenoxy) is 1. The van der Waals surface area contributed by atoms with Crippen LogP contribution in [0.1, 0.15) is 22.8 Å². The highest BCUT2D eigenvalue weighted by molar-refractivity contribution is 5.99. The van der Waals surface area contributed by atoms with Crippen molar-refractivity contribution >= 4 is 11.6 Å². The normalized spacial score (nSPS) is 10.0. The molecule has 0 saturated heterocycles. The lowest BCUT2D eigenvalue weighted by molar-refractivity contribution is 0.0951. The van der Waals surface area contributed by atoms with Gasteiger partial charge >= 0.3 is 0 Å². The maximum absolute atomic E-state index is 12.2. The molecule has 5 heteroatoms. The summed E-state index contributed by atoms with van der Waals surface area (Å²) < 4.78 is 5.00. The molecule has 0 bridgehead atoms. The van der Waals surface area contributed by atoms with Gasteiger partial charge in [-0.15, -0.1) is 0 Å². The Morgan fingerprint density at radius 3 is 2.71 bits per heavy atom. The second kappa shape index (κ2) is 7.28. The van der Waals surface area contributed by atoms with E-state index < -0.39 is 0 Å². The highest BCUT2D eigenvalue weighted by Gasteiger charge is 2.09. The number of aromatic nitrogens is 1. The Balaban J connectivity index is 2.01. The van der Waals surface area contributed by atoms with Crippen LogP contribution in [0.5, 0.6) is 5.88 Å². The number of anilines is 1. The van der Waals surface area contributed by atoms with E-state index in [1.54, 1.807) is 25.4 Å². The van der Waals surface area contributed by atoms with E-state index >= 15 is 0 Å². The van der Waals surface area contributed by atoms with Crippen LogP contribution in [-0.4, -0.2) is 24.5 Å². The fraction of sp³-hybridized carbons (Fsp3) is 0.250. The highest BCUT2D eigenvalue weighted by Crippen LogP contribution is 2.15.